The Morgan fingerprint density at radius 1 is 1.41 bits per heavy atom. The summed E-state index contributed by atoms with van der Waals surface area (Å²) in [6.45, 7) is -0.910. The number of hydrogen-bond acceptors (Lipinski definition) is 4. The molecular weight excluding hydrogens is 237 g/mol. The Kier molecular flexibility index (Phi) is 4.76. The number of anilines is 1. The molecule has 1 aromatic heterocycles. The summed E-state index contributed by atoms with van der Waals surface area (Å²) in [5.74, 6) is 0.328. The molecule has 0 aliphatic rings. The first-order valence-electron chi connectivity index (χ1n) is 5.09. The molecule has 1 heterocycles. The monoisotopic (exact) mass is 252 g/mol. The molecule has 0 saturated heterocycles. The highest BCUT2D eigenvalue weighted by Crippen LogP contribution is 2.16. The van der Waals surface area contributed by atoms with Crippen LogP contribution in [0.25, 0.3) is 0 Å². The minimum atomic E-state index is -4.27. The number of hydrogen-bond donors (Lipinski definition) is 2. The van der Waals surface area contributed by atoms with E-state index in [9.17, 15) is 13.2 Å². The SMILES string of the molecule is Nc1ccn(CCN(CCO)CC(F)(F)F)n1. The Hall–Kier alpha value is -1.28. The van der Waals surface area contributed by atoms with Crippen LogP contribution in [0, 0.1) is 0 Å². The number of aliphatic hydroxyl groups excluding tert-OH is 1. The van der Waals surface area contributed by atoms with E-state index in [0.717, 1.165) is 4.90 Å². The first kappa shape index (κ1) is 13.8. The van der Waals surface area contributed by atoms with Crippen LogP contribution < -0.4 is 5.73 Å². The van der Waals surface area contributed by atoms with Crippen molar-refractivity contribution in [1.29, 1.82) is 0 Å². The molecule has 0 aromatic carbocycles. The van der Waals surface area contributed by atoms with Crippen LogP contribution in [-0.2, 0) is 6.54 Å². The van der Waals surface area contributed by atoms with Crippen molar-refractivity contribution < 1.29 is 18.3 Å². The van der Waals surface area contributed by atoms with E-state index >= 15 is 0 Å². The molecular formula is C9H15F3N4O. The summed E-state index contributed by atoms with van der Waals surface area (Å²) in [7, 11) is 0. The summed E-state index contributed by atoms with van der Waals surface area (Å²) in [6.07, 6.45) is -2.67. The molecule has 1 aromatic rings. The Morgan fingerprint density at radius 3 is 2.59 bits per heavy atom. The van der Waals surface area contributed by atoms with Gasteiger partial charge in [0.15, 0.2) is 0 Å². The number of nitrogens with two attached hydrogens (primary N) is 1. The zero-order valence-corrected chi connectivity index (χ0v) is 9.19. The van der Waals surface area contributed by atoms with Crippen LogP contribution >= 0.6 is 0 Å². The molecule has 0 aliphatic carbocycles. The van der Waals surface area contributed by atoms with Crippen molar-refractivity contribution >= 4 is 5.82 Å². The fourth-order valence-electron chi connectivity index (χ4n) is 1.41. The minimum absolute atomic E-state index is 0.0176. The molecule has 1 rings (SSSR count). The van der Waals surface area contributed by atoms with E-state index in [4.69, 9.17) is 10.8 Å². The molecule has 0 spiro atoms. The molecule has 0 bridgehead atoms. The second kappa shape index (κ2) is 5.87. The summed E-state index contributed by atoms with van der Waals surface area (Å²) < 4.78 is 38.0. The standard InChI is InChI=1S/C9H15F3N4O/c10-9(11,12)7-15(5-6-17)3-4-16-2-1-8(13)14-16/h1-2,17H,3-7H2,(H2,13,14). The molecule has 0 unspecified atom stereocenters. The summed E-state index contributed by atoms with van der Waals surface area (Å²) in [5, 5.41) is 12.5. The average molecular weight is 252 g/mol. The molecule has 17 heavy (non-hydrogen) atoms. The molecule has 0 aliphatic heterocycles. The number of rotatable bonds is 6. The van der Waals surface area contributed by atoms with Crippen molar-refractivity contribution in [1.82, 2.24) is 14.7 Å². The lowest BCUT2D eigenvalue weighted by Crippen LogP contribution is -2.38. The van der Waals surface area contributed by atoms with Gasteiger partial charge in [-0.1, -0.05) is 0 Å². The van der Waals surface area contributed by atoms with Crippen molar-refractivity contribution in [3.05, 3.63) is 12.3 Å². The number of nitrogen functional groups attached to an aromatic ring is 1. The van der Waals surface area contributed by atoms with Gasteiger partial charge >= 0.3 is 6.18 Å². The van der Waals surface area contributed by atoms with E-state index in [1.807, 2.05) is 0 Å². The smallest absolute Gasteiger partial charge is 0.395 e. The largest absolute Gasteiger partial charge is 0.401 e. The third-order valence-electron chi connectivity index (χ3n) is 2.13. The molecule has 5 nitrogen and oxygen atoms in total. The van der Waals surface area contributed by atoms with Gasteiger partial charge in [0.25, 0.3) is 0 Å². The maximum Gasteiger partial charge on any atom is 0.401 e. The fraction of sp³-hybridized carbons (Fsp3) is 0.667. The van der Waals surface area contributed by atoms with E-state index in [0.29, 0.717) is 12.4 Å². The molecule has 0 radical (unpaired) electrons. The summed E-state index contributed by atoms with van der Waals surface area (Å²) >= 11 is 0. The maximum atomic E-state index is 12.2. The zero-order chi connectivity index (χ0) is 12.9. The van der Waals surface area contributed by atoms with Crippen molar-refractivity contribution in [2.75, 3.05) is 32.0 Å². The molecule has 3 N–H and O–H groups in total. The van der Waals surface area contributed by atoms with Gasteiger partial charge in [0.2, 0.25) is 0 Å². The Bertz CT molecular complexity index is 339. The third kappa shape index (κ3) is 5.55. The van der Waals surface area contributed by atoms with Crippen LogP contribution in [-0.4, -0.2) is 52.2 Å². The highest BCUT2D eigenvalue weighted by atomic mass is 19.4. The second-order valence-corrected chi connectivity index (χ2v) is 3.62. The van der Waals surface area contributed by atoms with Crippen molar-refractivity contribution in [2.24, 2.45) is 0 Å². The van der Waals surface area contributed by atoms with Gasteiger partial charge < -0.3 is 10.8 Å². The third-order valence-corrected chi connectivity index (χ3v) is 2.13. The van der Waals surface area contributed by atoms with Gasteiger partial charge in [-0.15, -0.1) is 0 Å². The lowest BCUT2D eigenvalue weighted by Gasteiger charge is -2.22. The normalized spacial score (nSPS) is 12.3. The first-order valence-corrected chi connectivity index (χ1v) is 5.09. The lowest BCUT2D eigenvalue weighted by molar-refractivity contribution is -0.147. The average Bonchev–Trinajstić information content (AvgIpc) is 2.59. The van der Waals surface area contributed by atoms with Gasteiger partial charge in [-0.2, -0.15) is 18.3 Å². The first-order chi connectivity index (χ1) is 7.90. The Labute approximate surface area is 96.6 Å². The van der Waals surface area contributed by atoms with Crippen LogP contribution in [0.2, 0.25) is 0 Å². The minimum Gasteiger partial charge on any atom is -0.395 e. The van der Waals surface area contributed by atoms with Crippen LogP contribution in [0.1, 0.15) is 0 Å². The molecule has 0 fully saturated rings. The van der Waals surface area contributed by atoms with Gasteiger partial charge in [-0.05, 0) is 6.07 Å². The van der Waals surface area contributed by atoms with Crippen LogP contribution in [0.5, 0.6) is 0 Å². The number of nitrogens with zero attached hydrogens (tertiary/aromatic N) is 3. The van der Waals surface area contributed by atoms with Gasteiger partial charge in [0.1, 0.15) is 5.82 Å². The van der Waals surface area contributed by atoms with E-state index in [1.165, 1.54) is 4.68 Å². The number of aliphatic hydroxyl groups is 1. The van der Waals surface area contributed by atoms with Crippen molar-refractivity contribution in [3.63, 3.8) is 0 Å². The zero-order valence-electron chi connectivity index (χ0n) is 9.19. The van der Waals surface area contributed by atoms with Crippen LogP contribution in [0.4, 0.5) is 19.0 Å². The topological polar surface area (TPSA) is 67.3 Å². The second-order valence-electron chi connectivity index (χ2n) is 3.62. The molecule has 8 heteroatoms. The van der Waals surface area contributed by atoms with Gasteiger partial charge in [0, 0.05) is 19.3 Å². The van der Waals surface area contributed by atoms with Gasteiger partial charge in [0.05, 0.1) is 19.7 Å². The molecule has 0 saturated carbocycles. The van der Waals surface area contributed by atoms with Crippen LogP contribution in [0.15, 0.2) is 12.3 Å². The summed E-state index contributed by atoms with van der Waals surface area (Å²) in [4.78, 5) is 1.12. The fourth-order valence-corrected chi connectivity index (χ4v) is 1.41. The number of halogens is 3. The number of aromatic nitrogens is 2. The van der Waals surface area contributed by atoms with Gasteiger partial charge in [-0.3, -0.25) is 9.58 Å². The van der Waals surface area contributed by atoms with Crippen LogP contribution in [0.3, 0.4) is 0 Å². The highest BCUT2D eigenvalue weighted by molar-refractivity contribution is 5.23. The van der Waals surface area contributed by atoms with Crippen molar-refractivity contribution in [2.45, 2.75) is 12.7 Å². The van der Waals surface area contributed by atoms with E-state index in [1.54, 1.807) is 12.3 Å². The van der Waals surface area contributed by atoms with Crippen molar-refractivity contribution in [3.8, 4) is 0 Å². The predicted octanol–water partition coefficient (Wildman–Crippen LogP) is 0.322. The van der Waals surface area contributed by atoms with Gasteiger partial charge in [-0.25, -0.2) is 0 Å². The number of alkyl halides is 3. The van der Waals surface area contributed by atoms with E-state index in [-0.39, 0.29) is 19.7 Å². The quantitative estimate of drug-likeness (QED) is 0.765. The Balaban J connectivity index is 2.44. The lowest BCUT2D eigenvalue weighted by atomic mass is 10.4. The predicted molar refractivity (Wildman–Crippen MR) is 56.2 cm³/mol. The maximum absolute atomic E-state index is 12.2. The van der Waals surface area contributed by atoms with E-state index in [2.05, 4.69) is 5.10 Å². The highest BCUT2D eigenvalue weighted by Gasteiger charge is 2.30. The summed E-state index contributed by atoms with van der Waals surface area (Å²) in [6, 6.07) is 1.57. The summed E-state index contributed by atoms with van der Waals surface area (Å²) in [5.41, 5.74) is 5.38. The van der Waals surface area contributed by atoms with E-state index < -0.39 is 12.7 Å². The molecule has 0 atom stereocenters. The molecule has 98 valence electrons. The molecule has 0 amide bonds. The Morgan fingerprint density at radius 2 is 2.12 bits per heavy atom.